The molecule has 3 rings (SSSR count). The largest absolute Gasteiger partial charge is 0.367 e. The van der Waals surface area contributed by atoms with Crippen LogP contribution in [0.1, 0.15) is 19.8 Å². The van der Waals surface area contributed by atoms with Crippen LogP contribution >= 0.6 is 11.5 Å². The number of hydrogen-bond donors (Lipinski definition) is 1. The van der Waals surface area contributed by atoms with Crippen molar-refractivity contribution in [2.45, 2.75) is 25.8 Å². The SMILES string of the molecule is CCN1CCC[C@H]1CNc1nsc2ccccc12. The maximum atomic E-state index is 4.52. The summed E-state index contributed by atoms with van der Waals surface area (Å²) in [5.74, 6) is 1.05. The third-order valence-electron chi connectivity index (χ3n) is 3.79. The molecule has 3 nitrogen and oxygen atoms in total. The summed E-state index contributed by atoms with van der Waals surface area (Å²) >= 11 is 1.58. The van der Waals surface area contributed by atoms with Crippen LogP contribution in [0.2, 0.25) is 0 Å². The lowest BCUT2D eigenvalue weighted by atomic mass is 10.2. The molecule has 1 aromatic carbocycles. The van der Waals surface area contributed by atoms with E-state index in [1.807, 2.05) is 0 Å². The van der Waals surface area contributed by atoms with Crippen molar-refractivity contribution in [3.05, 3.63) is 24.3 Å². The van der Waals surface area contributed by atoms with Crippen molar-refractivity contribution >= 4 is 27.4 Å². The van der Waals surface area contributed by atoms with Gasteiger partial charge in [-0.2, -0.15) is 4.37 Å². The van der Waals surface area contributed by atoms with E-state index in [1.54, 1.807) is 11.5 Å². The molecule has 0 bridgehead atoms. The first kappa shape index (κ1) is 11.9. The van der Waals surface area contributed by atoms with Crippen LogP contribution in [-0.2, 0) is 0 Å². The number of likely N-dealkylation sites (N-methyl/N-ethyl adjacent to an activating group) is 1. The third-order valence-corrected chi connectivity index (χ3v) is 4.61. The first-order valence-corrected chi connectivity index (χ1v) is 7.48. The van der Waals surface area contributed by atoms with Crippen molar-refractivity contribution in [1.82, 2.24) is 9.27 Å². The van der Waals surface area contributed by atoms with E-state index in [9.17, 15) is 0 Å². The first-order chi connectivity index (χ1) is 8.88. The third kappa shape index (κ3) is 2.22. The zero-order valence-electron chi connectivity index (χ0n) is 10.7. The Labute approximate surface area is 112 Å². The number of anilines is 1. The number of fused-ring (bicyclic) bond motifs is 1. The molecule has 0 spiro atoms. The van der Waals surface area contributed by atoms with E-state index >= 15 is 0 Å². The molecule has 2 heterocycles. The van der Waals surface area contributed by atoms with Crippen LogP contribution in [0, 0.1) is 0 Å². The number of nitrogens with zero attached hydrogens (tertiary/aromatic N) is 2. The highest BCUT2D eigenvalue weighted by molar-refractivity contribution is 7.13. The Balaban J connectivity index is 1.69. The van der Waals surface area contributed by atoms with Crippen LogP contribution in [0.15, 0.2) is 24.3 Å². The van der Waals surface area contributed by atoms with Gasteiger partial charge < -0.3 is 5.32 Å². The minimum Gasteiger partial charge on any atom is -0.367 e. The topological polar surface area (TPSA) is 28.2 Å². The first-order valence-electron chi connectivity index (χ1n) is 6.71. The standard InChI is InChI=1S/C14H19N3S/c1-2-17-9-5-6-11(17)10-15-14-12-7-3-4-8-13(12)18-16-14/h3-4,7-8,11H,2,5-6,9-10H2,1H3,(H,15,16)/t11-/m0/s1. The van der Waals surface area contributed by atoms with E-state index in [1.165, 1.54) is 29.5 Å². The quantitative estimate of drug-likeness (QED) is 0.916. The van der Waals surface area contributed by atoms with Gasteiger partial charge in [-0.05, 0) is 49.6 Å². The molecule has 1 atom stereocenters. The van der Waals surface area contributed by atoms with Crippen molar-refractivity contribution in [2.75, 3.05) is 25.0 Å². The van der Waals surface area contributed by atoms with Gasteiger partial charge in [-0.1, -0.05) is 19.1 Å². The van der Waals surface area contributed by atoms with Gasteiger partial charge in [0.2, 0.25) is 0 Å². The highest BCUT2D eigenvalue weighted by Gasteiger charge is 2.22. The Hall–Kier alpha value is -1.13. The van der Waals surface area contributed by atoms with E-state index < -0.39 is 0 Å². The number of likely N-dealkylation sites (tertiary alicyclic amines) is 1. The molecule has 1 aromatic heterocycles. The molecule has 1 N–H and O–H groups in total. The fourth-order valence-corrected chi connectivity index (χ4v) is 3.53. The summed E-state index contributed by atoms with van der Waals surface area (Å²) in [5.41, 5.74) is 0. The molecule has 1 fully saturated rings. The van der Waals surface area contributed by atoms with Crippen LogP contribution in [0.5, 0.6) is 0 Å². The number of rotatable bonds is 4. The van der Waals surface area contributed by atoms with Crippen LogP contribution in [0.4, 0.5) is 5.82 Å². The molecular formula is C14H19N3S. The van der Waals surface area contributed by atoms with Gasteiger partial charge in [-0.25, -0.2) is 0 Å². The van der Waals surface area contributed by atoms with E-state index in [0.717, 1.165) is 18.9 Å². The molecule has 18 heavy (non-hydrogen) atoms. The number of aromatic nitrogens is 1. The van der Waals surface area contributed by atoms with Gasteiger partial charge in [0.15, 0.2) is 0 Å². The molecule has 4 heteroatoms. The normalized spacial score (nSPS) is 20.6. The smallest absolute Gasteiger partial charge is 0.147 e. The van der Waals surface area contributed by atoms with Gasteiger partial charge >= 0.3 is 0 Å². The number of nitrogens with one attached hydrogen (secondary N) is 1. The summed E-state index contributed by atoms with van der Waals surface area (Å²) in [4.78, 5) is 2.56. The average Bonchev–Trinajstić information content (AvgIpc) is 3.02. The lowest BCUT2D eigenvalue weighted by Crippen LogP contribution is -2.34. The Morgan fingerprint density at radius 1 is 1.44 bits per heavy atom. The minimum atomic E-state index is 0.676. The lowest BCUT2D eigenvalue weighted by molar-refractivity contribution is 0.277. The van der Waals surface area contributed by atoms with Gasteiger partial charge in [-0.15, -0.1) is 0 Å². The summed E-state index contributed by atoms with van der Waals surface area (Å²) in [7, 11) is 0. The summed E-state index contributed by atoms with van der Waals surface area (Å²) in [5, 5.41) is 4.78. The van der Waals surface area contributed by atoms with Crippen LogP contribution in [0.25, 0.3) is 10.1 Å². The highest BCUT2D eigenvalue weighted by atomic mass is 32.1. The van der Waals surface area contributed by atoms with Crippen molar-refractivity contribution in [3.63, 3.8) is 0 Å². The number of hydrogen-bond acceptors (Lipinski definition) is 4. The fraction of sp³-hybridized carbons (Fsp3) is 0.500. The average molecular weight is 261 g/mol. The van der Waals surface area contributed by atoms with E-state index in [0.29, 0.717) is 6.04 Å². The summed E-state index contributed by atoms with van der Waals surface area (Å²) < 4.78 is 5.78. The van der Waals surface area contributed by atoms with Crippen LogP contribution in [-0.4, -0.2) is 34.9 Å². The molecule has 1 aliphatic rings. The van der Waals surface area contributed by atoms with Crippen LogP contribution < -0.4 is 5.32 Å². The maximum absolute atomic E-state index is 4.52. The molecule has 0 aliphatic carbocycles. The Morgan fingerprint density at radius 3 is 3.22 bits per heavy atom. The summed E-state index contributed by atoms with van der Waals surface area (Å²) in [6.07, 6.45) is 2.64. The summed E-state index contributed by atoms with van der Waals surface area (Å²) in [6.45, 7) is 5.67. The lowest BCUT2D eigenvalue weighted by Gasteiger charge is -2.22. The van der Waals surface area contributed by atoms with Gasteiger partial charge in [-0.3, -0.25) is 4.90 Å². The zero-order valence-corrected chi connectivity index (χ0v) is 11.5. The second-order valence-electron chi connectivity index (χ2n) is 4.83. The van der Waals surface area contributed by atoms with Crippen LogP contribution in [0.3, 0.4) is 0 Å². The summed E-state index contributed by atoms with van der Waals surface area (Å²) in [6, 6.07) is 9.10. The van der Waals surface area contributed by atoms with Crippen molar-refractivity contribution in [3.8, 4) is 0 Å². The molecule has 1 aliphatic heterocycles. The molecule has 0 radical (unpaired) electrons. The van der Waals surface area contributed by atoms with Gasteiger partial charge in [0.1, 0.15) is 5.82 Å². The highest BCUT2D eigenvalue weighted by Crippen LogP contribution is 2.26. The van der Waals surface area contributed by atoms with Crippen molar-refractivity contribution in [1.29, 1.82) is 0 Å². The molecular weight excluding hydrogens is 242 g/mol. The Bertz CT molecular complexity index is 522. The molecule has 2 aromatic rings. The van der Waals surface area contributed by atoms with E-state index in [4.69, 9.17) is 0 Å². The fourth-order valence-electron chi connectivity index (χ4n) is 2.77. The number of benzene rings is 1. The van der Waals surface area contributed by atoms with E-state index in [-0.39, 0.29) is 0 Å². The molecule has 0 saturated carbocycles. The van der Waals surface area contributed by atoms with Gasteiger partial charge in [0.05, 0.1) is 4.70 Å². The molecule has 0 unspecified atom stereocenters. The van der Waals surface area contributed by atoms with Gasteiger partial charge in [0, 0.05) is 18.0 Å². The second-order valence-corrected chi connectivity index (χ2v) is 5.64. The van der Waals surface area contributed by atoms with Gasteiger partial charge in [0.25, 0.3) is 0 Å². The zero-order chi connectivity index (χ0) is 12.4. The predicted molar refractivity (Wildman–Crippen MR) is 78.4 cm³/mol. The van der Waals surface area contributed by atoms with Crippen molar-refractivity contribution < 1.29 is 0 Å². The molecule has 96 valence electrons. The molecule has 1 saturated heterocycles. The predicted octanol–water partition coefficient (Wildman–Crippen LogP) is 3.19. The minimum absolute atomic E-state index is 0.676. The van der Waals surface area contributed by atoms with E-state index in [2.05, 4.69) is 45.8 Å². The molecule has 0 amide bonds. The monoisotopic (exact) mass is 261 g/mol. The Kier molecular flexibility index (Phi) is 3.48. The Morgan fingerprint density at radius 2 is 2.33 bits per heavy atom. The maximum Gasteiger partial charge on any atom is 0.147 e. The second kappa shape index (κ2) is 5.24. The van der Waals surface area contributed by atoms with Crippen molar-refractivity contribution in [2.24, 2.45) is 0 Å².